The van der Waals surface area contributed by atoms with Crippen molar-refractivity contribution in [1.29, 1.82) is 0 Å². The second-order valence-corrected chi connectivity index (χ2v) is 3.18. The molecule has 1 amide bonds. The Morgan fingerprint density at radius 2 is 2.42 bits per heavy atom. The van der Waals surface area contributed by atoms with E-state index >= 15 is 0 Å². The molecule has 0 saturated heterocycles. The van der Waals surface area contributed by atoms with Gasteiger partial charge in [-0.15, -0.1) is 0 Å². The van der Waals surface area contributed by atoms with Crippen LogP contribution in [0.25, 0.3) is 0 Å². The summed E-state index contributed by atoms with van der Waals surface area (Å²) in [7, 11) is 0. The Labute approximate surface area is 82.2 Å². The molecule has 0 aromatic carbocycles. The van der Waals surface area contributed by atoms with Crippen molar-refractivity contribution in [2.75, 3.05) is 0 Å². The highest BCUT2D eigenvalue weighted by molar-refractivity contribution is 9.10. The van der Waals surface area contributed by atoms with Crippen LogP contribution in [0.4, 0.5) is 0 Å². The molecule has 1 rings (SSSR count). The van der Waals surface area contributed by atoms with Crippen LogP contribution in [-0.4, -0.2) is 10.9 Å². The Morgan fingerprint density at radius 3 is 2.92 bits per heavy atom. The molecule has 0 atom stereocenters. The predicted octanol–water partition coefficient (Wildman–Crippen LogP) is 1.10. The van der Waals surface area contributed by atoms with Gasteiger partial charge in [0.25, 0.3) is 5.91 Å². The molecule has 0 aliphatic heterocycles. The van der Waals surface area contributed by atoms with Crippen LogP contribution in [0.15, 0.2) is 16.7 Å². The van der Waals surface area contributed by atoms with Gasteiger partial charge in [-0.1, -0.05) is 11.6 Å². The third-order valence-corrected chi connectivity index (χ3v) is 2.32. The Bertz CT molecular complexity index is 318. The van der Waals surface area contributed by atoms with Gasteiger partial charge in [0.1, 0.15) is 5.15 Å². The molecule has 6 heteroatoms. The summed E-state index contributed by atoms with van der Waals surface area (Å²) < 4.78 is 0.560. The van der Waals surface area contributed by atoms with Gasteiger partial charge >= 0.3 is 0 Å². The fourth-order valence-corrected chi connectivity index (χ4v) is 1.08. The van der Waals surface area contributed by atoms with Crippen molar-refractivity contribution < 1.29 is 4.79 Å². The molecular formula is C6H5BrClN3O. The Kier molecular flexibility index (Phi) is 3.02. The lowest BCUT2D eigenvalue weighted by Gasteiger charge is -1.99. The van der Waals surface area contributed by atoms with Crippen LogP contribution in [0.1, 0.15) is 10.4 Å². The number of halogens is 2. The first kappa shape index (κ1) is 9.44. The third kappa shape index (κ3) is 1.94. The van der Waals surface area contributed by atoms with E-state index in [9.17, 15) is 4.79 Å². The molecule has 4 nitrogen and oxygen atoms in total. The number of pyridine rings is 1. The zero-order valence-corrected chi connectivity index (χ0v) is 8.19. The van der Waals surface area contributed by atoms with E-state index in [1.807, 2.05) is 5.43 Å². The van der Waals surface area contributed by atoms with Crippen LogP contribution in [0.2, 0.25) is 5.15 Å². The molecular weight excluding hydrogens is 245 g/mol. The molecule has 1 aromatic heterocycles. The number of hydrogen-bond acceptors (Lipinski definition) is 3. The smallest absolute Gasteiger partial charge is 0.266 e. The largest absolute Gasteiger partial charge is 0.290 e. The summed E-state index contributed by atoms with van der Waals surface area (Å²) in [6, 6.07) is 1.54. The zero-order chi connectivity index (χ0) is 9.14. The SMILES string of the molecule is NNC(=O)c1cnc(Cl)c(Br)c1. The zero-order valence-electron chi connectivity index (χ0n) is 5.84. The molecule has 0 unspecified atom stereocenters. The lowest BCUT2D eigenvalue weighted by molar-refractivity contribution is 0.0953. The number of nitrogens with one attached hydrogen (secondary N) is 1. The Balaban J connectivity index is 3.05. The topological polar surface area (TPSA) is 68.0 Å². The van der Waals surface area contributed by atoms with Crippen molar-refractivity contribution in [1.82, 2.24) is 10.4 Å². The average Bonchev–Trinajstić information content (AvgIpc) is 2.08. The van der Waals surface area contributed by atoms with Crippen molar-refractivity contribution in [2.45, 2.75) is 0 Å². The minimum atomic E-state index is -0.403. The van der Waals surface area contributed by atoms with Crippen LogP contribution >= 0.6 is 27.5 Å². The van der Waals surface area contributed by atoms with E-state index in [-0.39, 0.29) is 0 Å². The first-order valence-corrected chi connectivity index (χ1v) is 4.14. The molecule has 0 bridgehead atoms. The maximum absolute atomic E-state index is 10.9. The van der Waals surface area contributed by atoms with Gasteiger partial charge < -0.3 is 0 Å². The summed E-state index contributed by atoms with van der Waals surface area (Å²) in [5.74, 6) is 4.51. The summed E-state index contributed by atoms with van der Waals surface area (Å²) in [5.41, 5.74) is 2.34. The van der Waals surface area contributed by atoms with E-state index in [0.717, 1.165) is 0 Å². The van der Waals surface area contributed by atoms with E-state index < -0.39 is 5.91 Å². The highest BCUT2D eigenvalue weighted by Crippen LogP contribution is 2.20. The summed E-state index contributed by atoms with van der Waals surface area (Å²) in [6.45, 7) is 0. The molecule has 0 saturated carbocycles. The van der Waals surface area contributed by atoms with Gasteiger partial charge in [0.15, 0.2) is 0 Å². The molecule has 0 aliphatic carbocycles. The van der Waals surface area contributed by atoms with E-state index in [4.69, 9.17) is 17.4 Å². The second-order valence-electron chi connectivity index (χ2n) is 1.97. The normalized spacial score (nSPS) is 9.58. The summed E-state index contributed by atoms with van der Waals surface area (Å²) in [4.78, 5) is 14.7. The first-order chi connectivity index (χ1) is 5.65. The minimum absolute atomic E-state index is 0.309. The van der Waals surface area contributed by atoms with Crippen molar-refractivity contribution in [3.63, 3.8) is 0 Å². The molecule has 0 aliphatic rings. The molecule has 12 heavy (non-hydrogen) atoms. The number of carbonyl (C=O) groups is 1. The van der Waals surface area contributed by atoms with Gasteiger partial charge in [0.2, 0.25) is 0 Å². The minimum Gasteiger partial charge on any atom is -0.290 e. The molecule has 0 fully saturated rings. The number of hydrogen-bond donors (Lipinski definition) is 2. The van der Waals surface area contributed by atoms with Crippen LogP contribution in [-0.2, 0) is 0 Å². The van der Waals surface area contributed by atoms with E-state index in [2.05, 4.69) is 20.9 Å². The monoisotopic (exact) mass is 249 g/mol. The van der Waals surface area contributed by atoms with Gasteiger partial charge in [-0.2, -0.15) is 0 Å². The van der Waals surface area contributed by atoms with Gasteiger partial charge in [-0.3, -0.25) is 10.2 Å². The summed E-state index contributed by atoms with van der Waals surface area (Å²) in [5, 5.41) is 0.309. The van der Waals surface area contributed by atoms with E-state index in [0.29, 0.717) is 15.2 Å². The predicted molar refractivity (Wildman–Crippen MR) is 48.6 cm³/mol. The second kappa shape index (κ2) is 3.84. The van der Waals surface area contributed by atoms with Crippen molar-refractivity contribution in [3.05, 3.63) is 27.5 Å². The van der Waals surface area contributed by atoms with Crippen LogP contribution in [0, 0.1) is 0 Å². The van der Waals surface area contributed by atoms with Crippen LogP contribution in [0.5, 0.6) is 0 Å². The molecule has 1 aromatic rings. The first-order valence-electron chi connectivity index (χ1n) is 2.97. The van der Waals surface area contributed by atoms with Gasteiger partial charge in [0.05, 0.1) is 10.0 Å². The number of nitrogen functional groups attached to an aromatic ring is 1. The van der Waals surface area contributed by atoms with Gasteiger partial charge in [-0.05, 0) is 22.0 Å². The fraction of sp³-hybridized carbons (Fsp3) is 0. The Morgan fingerprint density at radius 1 is 1.75 bits per heavy atom. The summed E-state index contributed by atoms with van der Waals surface area (Å²) >= 11 is 8.74. The average molecular weight is 250 g/mol. The third-order valence-electron chi connectivity index (χ3n) is 1.19. The quantitative estimate of drug-likeness (QED) is 0.339. The van der Waals surface area contributed by atoms with Crippen LogP contribution in [0.3, 0.4) is 0 Å². The molecule has 0 radical (unpaired) electrons. The number of carbonyl (C=O) groups excluding carboxylic acids is 1. The standard InChI is InChI=1S/C6H5BrClN3O/c7-4-1-3(6(12)11-9)2-10-5(4)8/h1-2H,9H2,(H,11,12). The van der Waals surface area contributed by atoms with Crippen molar-refractivity contribution in [3.8, 4) is 0 Å². The number of nitrogens with zero attached hydrogens (tertiary/aromatic N) is 1. The number of amides is 1. The van der Waals surface area contributed by atoms with Crippen molar-refractivity contribution >= 4 is 33.4 Å². The lowest BCUT2D eigenvalue weighted by Crippen LogP contribution is -2.30. The molecule has 1 heterocycles. The van der Waals surface area contributed by atoms with Gasteiger partial charge in [0, 0.05) is 6.20 Å². The highest BCUT2D eigenvalue weighted by atomic mass is 79.9. The highest BCUT2D eigenvalue weighted by Gasteiger charge is 2.06. The molecule has 64 valence electrons. The summed E-state index contributed by atoms with van der Waals surface area (Å²) in [6.07, 6.45) is 1.34. The molecule has 0 spiro atoms. The van der Waals surface area contributed by atoms with E-state index in [1.165, 1.54) is 12.3 Å². The van der Waals surface area contributed by atoms with E-state index in [1.54, 1.807) is 0 Å². The maximum Gasteiger partial charge on any atom is 0.266 e. The number of nitrogens with two attached hydrogens (primary N) is 1. The number of rotatable bonds is 1. The maximum atomic E-state index is 10.9. The fourth-order valence-electron chi connectivity index (χ4n) is 0.629. The lowest BCUT2D eigenvalue weighted by atomic mass is 10.3. The molecule has 3 N–H and O–H groups in total. The van der Waals surface area contributed by atoms with Crippen molar-refractivity contribution in [2.24, 2.45) is 5.84 Å². The number of aromatic nitrogens is 1. The number of hydrazine groups is 1. The Hall–Kier alpha value is -0.650. The van der Waals surface area contributed by atoms with Gasteiger partial charge in [-0.25, -0.2) is 10.8 Å². The van der Waals surface area contributed by atoms with Crippen LogP contribution < -0.4 is 11.3 Å².